The van der Waals surface area contributed by atoms with Crippen LogP contribution >= 0.6 is 0 Å². The van der Waals surface area contributed by atoms with Crippen LogP contribution in [0, 0.1) is 43.4 Å². The van der Waals surface area contributed by atoms with Gasteiger partial charge in [0.25, 0.3) is 0 Å². The number of anilines is 1. The minimum absolute atomic E-state index is 0.0648. The van der Waals surface area contributed by atoms with E-state index in [4.69, 9.17) is 4.84 Å². The number of allylic oxidation sites excluding steroid dienone is 1. The molecule has 0 aromatic heterocycles. The van der Waals surface area contributed by atoms with E-state index in [0.717, 1.165) is 53.7 Å². The Kier molecular flexibility index (Phi) is 7.66. The molecule has 34 heavy (non-hydrogen) atoms. The van der Waals surface area contributed by atoms with Crippen LogP contribution in [-0.4, -0.2) is 23.0 Å². The van der Waals surface area contributed by atoms with Crippen molar-refractivity contribution in [3.05, 3.63) is 40.7 Å². The summed E-state index contributed by atoms with van der Waals surface area (Å²) in [5.74, 6) is 2.31. The van der Waals surface area contributed by atoms with Crippen LogP contribution in [0.5, 0.6) is 0 Å². The molecule has 1 heterocycles. The maximum absolute atomic E-state index is 13.0. The normalized spacial score (nSPS) is 25.1. The highest BCUT2D eigenvalue weighted by atomic mass is 16.7. The van der Waals surface area contributed by atoms with Gasteiger partial charge in [0.15, 0.2) is 0 Å². The summed E-state index contributed by atoms with van der Waals surface area (Å²) < 4.78 is 0. The Bertz CT molecular complexity index is 944. The maximum Gasteiger partial charge on any atom is 0.303 e. The fourth-order valence-corrected chi connectivity index (χ4v) is 5.84. The molecule has 0 saturated heterocycles. The van der Waals surface area contributed by atoms with Crippen LogP contribution < -0.4 is 10.8 Å². The van der Waals surface area contributed by atoms with E-state index in [1.165, 1.54) is 24.8 Å². The summed E-state index contributed by atoms with van der Waals surface area (Å²) in [6, 6.07) is 5.61. The topological polar surface area (TPSA) is 87.7 Å². The molecular weight excluding hydrogens is 428 g/mol. The Balaban J connectivity index is 1.44. The van der Waals surface area contributed by atoms with Gasteiger partial charge < -0.3 is 15.3 Å². The quantitative estimate of drug-likeness (QED) is 0.385. The Labute approximate surface area is 203 Å². The van der Waals surface area contributed by atoms with Crippen LogP contribution in [0.2, 0.25) is 0 Å². The number of aliphatic carboxylic acids is 1. The van der Waals surface area contributed by atoms with Crippen LogP contribution in [0.25, 0.3) is 0 Å². The number of amides is 1. The average Bonchev–Trinajstić information content (AvgIpc) is 3.48. The van der Waals surface area contributed by atoms with Crippen molar-refractivity contribution in [2.24, 2.45) is 29.6 Å². The van der Waals surface area contributed by atoms with Gasteiger partial charge in [-0.2, -0.15) is 0 Å². The zero-order chi connectivity index (χ0) is 24.4. The van der Waals surface area contributed by atoms with Crippen molar-refractivity contribution in [2.75, 3.05) is 5.32 Å². The molecule has 1 amide bonds. The lowest BCUT2D eigenvalue weighted by Crippen LogP contribution is -2.37. The second-order valence-corrected chi connectivity index (χ2v) is 11.2. The van der Waals surface area contributed by atoms with Gasteiger partial charge in [-0.3, -0.25) is 9.59 Å². The lowest BCUT2D eigenvalue weighted by molar-refractivity contribution is -0.138. The first kappa shape index (κ1) is 24.8. The van der Waals surface area contributed by atoms with E-state index >= 15 is 0 Å². The zero-order valence-corrected chi connectivity index (χ0v) is 21.0. The molecule has 3 aliphatic rings. The van der Waals surface area contributed by atoms with E-state index in [1.807, 2.05) is 32.0 Å². The van der Waals surface area contributed by atoms with Crippen molar-refractivity contribution in [3.8, 4) is 0 Å². The third-order valence-electron chi connectivity index (χ3n) is 7.83. The van der Waals surface area contributed by atoms with Gasteiger partial charge in [-0.1, -0.05) is 26.0 Å². The summed E-state index contributed by atoms with van der Waals surface area (Å²) >= 11 is 0. The monoisotopic (exact) mass is 468 g/mol. The van der Waals surface area contributed by atoms with Gasteiger partial charge in [0.1, 0.15) is 5.76 Å². The number of carbonyl (C=O) groups is 2. The summed E-state index contributed by atoms with van der Waals surface area (Å²) in [7, 11) is 0. The van der Waals surface area contributed by atoms with Crippen LogP contribution in [-0.2, 0) is 14.4 Å². The smallest absolute Gasteiger partial charge is 0.303 e. The van der Waals surface area contributed by atoms with Crippen molar-refractivity contribution in [2.45, 2.75) is 85.1 Å². The lowest BCUT2D eigenvalue weighted by atomic mass is 9.69. The first-order chi connectivity index (χ1) is 16.2. The number of rotatable bonds is 11. The summed E-state index contributed by atoms with van der Waals surface area (Å²) in [4.78, 5) is 30.7. The molecule has 0 radical (unpaired) electrons. The van der Waals surface area contributed by atoms with Crippen molar-refractivity contribution in [1.29, 1.82) is 0 Å². The Morgan fingerprint density at radius 2 is 1.88 bits per heavy atom. The number of hydrogen-bond donors (Lipinski definition) is 3. The molecule has 1 aromatic rings. The van der Waals surface area contributed by atoms with Gasteiger partial charge in [0.05, 0.1) is 12.5 Å². The summed E-state index contributed by atoms with van der Waals surface area (Å²) in [5.41, 5.74) is 7.32. The predicted octanol–water partition coefficient (Wildman–Crippen LogP) is 5.75. The third kappa shape index (κ3) is 6.01. The van der Waals surface area contributed by atoms with Gasteiger partial charge in [0.2, 0.25) is 5.91 Å². The van der Waals surface area contributed by atoms with Crippen molar-refractivity contribution in [1.82, 2.24) is 5.48 Å². The van der Waals surface area contributed by atoms with E-state index in [0.29, 0.717) is 11.8 Å². The molecule has 6 nitrogen and oxygen atoms in total. The van der Waals surface area contributed by atoms with Crippen molar-refractivity contribution in [3.63, 3.8) is 0 Å². The number of carboxylic acids is 1. The molecule has 0 bridgehead atoms. The number of hydrogen-bond acceptors (Lipinski definition) is 4. The summed E-state index contributed by atoms with van der Waals surface area (Å²) in [6.07, 6.45) is 7.05. The van der Waals surface area contributed by atoms with Crippen LogP contribution in [0.3, 0.4) is 0 Å². The maximum atomic E-state index is 13.0. The number of benzene rings is 1. The molecule has 2 aliphatic carbocycles. The number of nitrogens with one attached hydrogen (secondary N) is 2. The van der Waals surface area contributed by atoms with Gasteiger partial charge in [0, 0.05) is 24.4 Å². The SMILES string of the molecule is Cc1cccc(NC(=O)CC(CC(=O)O)C2NOC(CC3CC(CC(C)C)C3)=C2C2CC2)c1C. The van der Waals surface area contributed by atoms with Crippen LogP contribution in [0.15, 0.2) is 29.5 Å². The van der Waals surface area contributed by atoms with Gasteiger partial charge in [-0.05, 0) is 92.4 Å². The molecule has 6 heteroatoms. The summed E-state index contributed by atoms with van der Waals surface area (Å²) in [5, 5.41) is 12.6. The molecule has 2 fully saturated rings. The molecule has 3 N–H and O–H groups in total. The molecule has 2 saturated carbocycles. The molecule has 2 unspecified atom stereocenters. The minimum atomic E-state index is -0.884. The summed E-state index contributed by atoms with van der Waals surface area (Å²) in [6.45, 7) is 8.57. The second kappa shape index (κ2) is 10.5. The highest BCUT2D eigenvalue weighted by molar-refractivity contribution is 5.92. The van der Waals surface area contributed by atoms with E-state index in [1.54, 1.807) is 0 Å². The lowest BCUT2D eigenvalue weighted by Gasteiger charge is -2.36. The largest absolute Gasteiger partial charge is 0.481 e. The number of carboxylic acid groups (broad SMARTS) is 1. The van der Waals surface area contributed by atoms with Gasteiger partial charge in [-0.25, -0.2) is 0 Å². The number of aryl methyl sites for hydroxylation is 1. The standard InChI is InChI=1S/C28H40N2O4/c1-16(2)10-19-11-20(12-19)13-24-27(21-8-9-21)28(30-34-24)22(15-26(32)33)14-25(31)29-23-7-5-6-17(3)18(23)4/h5-7,16,19-22,28,30H,8-15H2,1-4H3,(H,29,31)(H,32,33). The van der Waals surface area contributed by atoms with E-state index < -0.39 is 5.97 Å². The molecule has 1 aliphatic heterocycles. The number of hydroxylamine groups is 1. The van der Waals surface area contributed by atoms with E-state index in [-0.39, 0.29) is 30.7 Å². The fraction of sp³-hybridized carbons (Fsp3) is 0.643. The minimum Gasteiger partial charge on any atom is -0.481 e. The molecule has 186 valence electrons. The molecule has 0 spiro atoms. The fourth-order valence-electron chi connectivity index (χ4n) is 5.84. The second-order valence-electron chi connectivity index (χ2n) is 11.2. The van der Waals surface area contributed by atoms with E-state index in [2.05, 4.69) is 24.6 Å². The number of carbonyl (C=O) groups excluding carboxylic acids is 1. The average molecular weight is 469 g/mol. The Morgan fingerprint density at radius 3 is 2.53 bits per heavy atom. The highest BCUT2D eigenvalue weighted by Gasteiger charge is 2.44. The first-order valence-corrected chi connectivity index (χ1v) is 12.9. The van der Waals surface area contributed by atoms with Gasteiger partial charge in [-0.15, -0.1) is 5.48 Å². The van der Waals surface area contributed by atoms with Crippen molar-refractivity contribution < 1.29 is 19.5 Å². The Hall–Kier alpha value is -2.34. The Morgan fingerprint density at radius 1 is 1.15 bits per heavy atom. The van der Waals surface area contributed by atoms with E-state index in [9.17, 15) is 14.7 Å². The third-order valence-corrected chi connectivity index (χ3v) is 7.83. The van der Waals surface area contributed by atoms with Gasteiger partial charge >= 0.3 is 5.97 Å². The molecule has 4 rings (SSSR count). The van der Waals surface area contributed by atoms with Crippen LogP contribution in [0.4, 0.5) is 5.69 Å². The first-order valence-electron chi connectivity index (χ1n) is 12.9. The molecule has 2 atom stereocenters. The zero-order valence-electron chi connectivity index (χ0n) is 21.0. The molecule has 1 aromatic carbocycles. The highest BCUT2D eigenvalue weighted by Crippen LogP contribution is 2.48. The van der Waals surface area contributed by atoms with Crippen molar-refractivity contribution >= 4 is 17.6 Å². The molecular formula is C28H40N2O4. The van der Waals surface area contributed by atoms with Crippen LogP contribution in [0.1, 0.15) is 76.3 Å². The predicted molar refractivity (Wildman–Crippen MR) is 133 cm³/mol.